The smallest absolute Gasteiger partial charge is 0.217 e. The summed E-state index contributed by atoms with van der Waals surface area (Å²) >= 11 is 0. The average Bonchev–Trinajstić information content (AvgIpc) is 0.781. The van der Waals surface area contributed by atoms with Crippen LogP contribution in [0.1, 0.15) is 20.8 Å². The summed E-state index contributed by atoms with van der Waals surface area (Å²) in [6.07, 6.45) is -75.7. The fourth-order valence-corrected chi connectivity index (χ4v) is 12.1. The molecule has 8 saturated heterocycles. The average molecular weight is 1380 g/mol. The highest BCUT2D eigenvalue weighted by Crippen LogP contribution is 2.39. The minimum atomic E-state index is -2.37. The summed E-state index contributed by atoms with van der Waals surface area (Å²) in [5.74, 6) is -1.86. The topological polar surface area (TPSA) is 662 Å². The molecule has 0 bridgehead atoms. The van der Waals surface area contributed by atoms with Crippen molar-refractivity contribution in [3.05, 3.63) is 0 Å². The highest BCUT2D eigenvalue weighted by molar-refractivity contribution is 5.73. The molecule has 0 saturated carbocycles. The van der Waals surface area contributed by atoms with Gasteiger partial charge in [-0.3, -0.25) is 9.59 Å². The van der Waals surface area contributed by atoms with Crippen LogP contribution in [0.15, 0.2) is 0 Å². The molecular weight excluding hydrogens is 1290 g/mol. The number of ether oxygens (including phenoxy) is 15. The Morgan fingerprint density at radius 2 is 0.638 bits per heavy atom. The van der Waals surface area contributed by atoms with Crippen LogP contribution in [0.2, 0.25) is 0 Å². The Balaban J connectivity index is 1.12. The molecule has 8 aliphatic heterocycles. The molecule has 546 valence electrons. The van der Waals surface area contributed by atoms with Crippen molar-refractivity contribution in [3.8, 4) is 0 Å². The largest absolute Gasteiger partial charge is 0.394 e. The summed E-state index contributed by atoms with van der Waals surface area (Å²) < 4.78 is 87.8. The zero-order chi connectivity index (χ0) is 69.2. The van der Waals surface area contributed by atoms with Crippen LogP contribution in [0.25, 0.3) is 0 Å². The van der Waals surface area contributed by atoms with Gasteiger partial charge in [0.2, 0.25) is 11.8 Å². The minimum absolute atomic E-state index is 0.913. The summed E-state index contributed by atoms with van der Waals surface area (Å²) in [6.45, 7) is -4.13. The molecule has 8 aliphatic rings. The lowest BCUT2D eigenvalue weighted by Crippen LogP contribution is -2.71. The molecule has 8 heterocycles. The fraction of sp³-hybridized carbons (Fsp3) is 0.962. The number of hydrogen-bond acceptors (Lipinski definition) is 40. The maximum atomic E-state index is 13.3. The predicted octanol–water partition coefficient (Wildman–Crippen LogP) is -17.1. The van der Waals surface area contributed by atoms with Crippen LogP contribution in [0.4, 0.5) is 0 Å². The number of amides is 2. The van der Waals surface area contributed by atoms with Gasteiger partial charge in [-0.2, -0.15) is 0 Å². The van der Waals surface area contributed by atoms with E-state index in [1.807, 2.05) is 0 Å². The summed E-state index contributed by atoms with van der Waals surface area (Å²) in [7, 11) is 0. The minimum Gasteiger partial charge on any atom is -0.394 e. The van der Waals surface area contributed by atoms with Crippen molar-refractivity contribution >= 4 is 11.8 Å². The lowest BCUT2D eigenvalue weighted by Gasteiger charge is -2.51. The van der Waals surface area contributed by atoms with Crippen molar-refractivity contribution in [1.29, 1.82) is 0 Å². The molecule has 94 heavy (non-hydrogen) atoms. The molecule has 2 amide bonds. The third-order valence-electron chi connectivity index (χ3n) is 17.4. The molecule has 42 heteroatoms. The van der Waals surface area contributed by atoms with Crippen LogP contribution in [0, 0.1) is 0 Å². The SMILES string of the molecule is CC(=O)N[C@H]1[C@H](O[C@H]2[C@@H](O)[C@@H](CO[C@@H]3O[C@H](CO)[C@@H](O[C@@H]4O[C@H](CO)[C@H](O)[C@H](O[C@@H]5O[C@H](CO)[C@H](O)[C@H](O)[C@H]5O)[C@H]4O)[C@H](O[C@@H]4O[C@@H](C)[C@@H](O)[C@@H](O)[C@@H]4O)[C@H]3NC(C)=O)O[C@@H](O[C@H]3[C@H](O)[C@@H](O)C(O)O[C@@H]3CO)[C@@H]2O)O[C@H](CO)[C@@H](O[C@@H]2O[C@H](CO)[C@H](O)[C@H](O)[C@H]2O)[C@@H]1O. The summed E-state index contributed by atoms with van der Waals surface area (Å²) in [5, 5.41) is 254. The van der Waals surface area contributed by atoms with E-state index >= 15 is 0 Å². The van der Waals surface area contributed by atoms with Gasteiger partial charge < -0.3 is 199 Å². The molecule has 0 aromatic carbocycles. The Morgan fingerprint density at radius 1 is 0.298 bits per heavy atom. The van der Waals surface area contributed by atoms with Gasteiger partial charge in [0.05, 0.1) is 52.4 Å². The van der Waals surface area contributed by atoms with E-state index in [0.29, 0.717) is 0 Å². The Labute approximate surface area is 532 Å². The lowest BCUT2D eigenvalue weighted by molar-refractivity contribution is -0.392. The monoisotopic (exact) mass is 1380 g/mol. The second-order valence-electron chi connectivity index (χ2n) is 23.9. The first-order chi connectivity index (χ1) is 44.4. The van der Waals surface area contributed by atoms with E-state index in [-0.39, 0.29) is 0 Å². The highest BCUT2D eigenvalue weighted by Gasteiger charge is 2.60. The van der Waals surface area contributed by atoms with Gasteiger partial charge >= 0.3 is 0 Å². The van der Waals surface area contributed by atoms with Gasteiger partial charge in [-0.15, -0.1) is 0 Å². The van der Waals surface area contributed by atoms with Crippen molar-refractivity contribution in [2.24, 2.45) is 0 Å². The van der Waals surface area contributed by atoms with Gasteiger partial charge in [-0.05, 0) is 6.92 Å². The van der Waals surface area contributed by atoms with Crippen LogP contribution < -0.4 is 10.6 Å². The van der Waals surface area contributed by atoms with Gasteiger partial charge in [-0.25, -0.2) is 0 Å². The molecule has 8 fully saturated rings. The first kappa shape index (κ1) is 77.2. The second kappa shape index (κ2) is 33.3. The third-order valence-corrected chi connectivity index (χ3v) is 17.4. The lowest BCUT2D eigenvalue weighted by atomic mass is 9.93. The Morgan fingerprint density at radius 3 is 1.13 bits per heavy atom. The van der Waals surface area contributed by atoms with Gasteiger partial charge in [0, 0.05) is 13.8 Å². The Hall–Kier alpha value is -2.58. The van der Waals surface area contributed by atoms with Gasteiger partial charge in [0.1, 0.15) is 189 Å². The molecule has 40 atom stereocenters. The maximum Gasteiger partial charge on any atom is 0.217 e. The molecule has 0 aromatic heterocycles. The number of carbonyl (C=O) groups excluding carboxylic acids is 2. The van der Waals surface area contributed by atoms with Crippen LogP contribution in [-0.4, -0.2) is 421 Å². The molecule has 8 rings (SSSR count). The molecule has 25 N–H and O–H groups in total. The molecule has 0 spiro atoms. The van der Waals surface area contributed by atoms with Crippen LogP contribution in [0.5, 0.6) is 0 Å². The number of rotatable bonds is 23. The number of hydrogen-bond donors (Lipinski definition) is 25. The van der Waals surface area contributed by atoms with Crippen LogP contribution >= 0.6 is 0 Å². The van der Waals surface area contributed by atoms with Crippen molar-refractivity contribution < 1.29 is 198 Å². The van der Waals surface area contributed by atoms with E-state index in [1.54, 1.807) is 0 Å². The number of nitrogens with one attached hydrogen (secondary N) is 2. The van der Waals surface area contributed by atoms with Gasteiger partial charge in [-0.1, -0.05) is 0 Å². The van der Waals surface area contributed by atoms with E-state index in [1.165, 1.54) is 6.92 Å². The standard InChI is InChI=1S/C52H88N2O40/c1-11-23(63)29(69)34(74)48(81-11)92-42-22(54-13(3)62)46(86-19(9-60)41(42)91-51-37(77)43(26(66)16(6-57)85-51)94-50-36(76)31(71)25(65)15(5-56)84-50)80-10-20-27(67)44(38(78)52(88-20)90-40-17(7-58)82-45(79)33(73)32(40)72)93-47-21(53-12(2)61)28(68)39(18(8-59)87-47)89-49-35(75)30(70)24(64)14(4-55)83-49/h11,14-52,55-60,63-79H,4-10H2,1-3H3,(H,53,61)(H,54,62)/t11-,14+,15+,16+,17+,18+,19+,20+,21+,22+,23+,24-,25-,26-,27-,28+,29+,30-,31-,32+,33+,34-,35+,36+,37+,38+,39+,40+,41+,42+,43-,44-,45?,46+,47-,48-,49-,50-,51-,52-/m0/s1. The van der Waals surface area contributed by atoms with E-state index in [9.17, 15) is 127 Å². The summed E-state index contributed by atoms with van der Waals surface area (Å²) in [4.78, 5) is 26.1. The summed E-state index contributed by atoms with van der Waals surface area (Å²) in [5.41, 5.74) is 0. The molecular formula is C52H88N2O40. The second-order valence-corrected chi connectivity index (χ2v) is 23.9. The molecule has 0 aliphatic carbocycles. The first-order valence-corrected chi connectivity index (χ1v) is 30.0. The normalized spacial score (nSPS) is 51.2. The first-order valence-electron chi connectivity index (χ1n) is 30.0. The zero-order valence-corrected chi connectivity index (χ0v) is 50.3. The quantitative estimate of drug-likeness (QED) is 0.0452. The van der Waals surface area contributed by atoms with E-state index in [2.05, 4.69) is 10.6 Å². The van der Waals surface area contributed by atoms with Crippen molar-refractivity contribution in [3.63, 3.8) is 0 Å². The molecule has 0 radical (unpaired) electrons. The fourth-order valence-electron chi connectivity index (χ4n) is 12.1. The van der Waals surface area contributed by atoms with Crippen LogP contribution in [-0.2, 0) is 80.6 Å². The Bertz CT molecular complexity index is 2360. The van der Waals surface area contributed by atoms with Gasteiger partial charge in [0.25, 0.3) is 0 Å². The van der Waals surface area contributed by atoms with Crippen molar-refractivity contribution in [2.75, 3.05) is 46.2 Å². The number of carbonyl (C=O) groups is 2. The highest BCUT2D eigenvalue weighted by atomic mass is 16.8. The Kier molecular flexibility index (Phi) is 27.3. The van der Waals surface area contributed by atoms with Crippen molar-refractivity contribution in [2.45, 2.75) is 266 Å². The van der Waals surface area contributed by atoms with E-state index in [4.69, 9.17) is 71.1 Å². The van der Waals surface area contributed by atoms with Crippen molar-refractivity contribution in [1.82, 2.24) is 10.6 Å². The van der Waals surface area contributed by atoms with E-state index < -0.39 is 304 Å². The molecule has 1 unspecified atom stereocenters. The number of aliphatic hydroxyl groups excluding tert-OH is 23. The molecule has 0 aromatic rings. The number of aliphatic hydroxyl groups is 23. The van der Waals surface area contributed by atoms with Crippen LogP contribution in [0.3, 0.4) is 0 Å². The summed E-state index contributed by atoms with van der Waals surface area (Å²) in [6, 6.07) is -3.78. The zero-order valence-electron chi connectivity index (χ0n) is 50.3. The van der Waals surface area contributed by atoms with E-state index in [0.717, 1.165) is 13.8 Å². The van der Waals surface area contributed by atoms with Gasteiger partial charge in [0.15, 0.2) is 50.3 Å². The predicted molar refractivity (Wildman–Crippen MR) is 286 cm³/mol. The third kappa shape index (κ3) is 16.4. The maximum absolute atomic E-state index is 13.3. The molecule has 42 nitrogen and oxygen atoms in total.